The lowest BCUT2D eigenvalue weighted by atomic mass is 9.44. The predicted octanol–water partition coefficient (Wildman–Crippen LogP) is 4.93. The molecule has 24 heavy (non-hydrogen) atoms. The molecule has 4 saturated carbocycles. The summed E-state index contributed by atoms with van der Waals surface area (Å²) in [4.78, 5) is 24.4. The van der Waals surface area contributed by atoms with Gasteiger partial charge < -0.3 is 0 Å². The minimum Gasteiger partial charge on any atom is -0.300 e. The zero-order valence-corrected chi connectivity index (χ0v) is 14.5. The van der Waals surface area contributed by atoms with Gasteiger partial charge in [-0.25, -0.2) is 0 Å². The summed E-state index contributed by atoms with van der Waals surface area (Å²) in [7, 11) is 0. The van der Waals surface area contributed by atoms with E-state index in [1.807, 2.05) is 6.92 Å². The maximum absolute atomic E-state index is 13.9. The molecule has 0 N–H and O–H groups in total. The second-order valence-electron chi connectivity index (χ2n) is 9.09. The fourth-order valence-electron chi connectivity index (χ4n) is 6.76. The van der Waals surface area contributed by atoms with Gasteiger partial charge in [-0.3, -0.25) is 9.59 Å². The van der Waals surface area contributed by atoms with E-state index in [1.165, 1.54) is 0 Å². The molecule has 0 aromatic rings. The van der Waals surface area contributed by atoms with E-state index in [1.54, 1.807) is 0 Å². The van der Waals surface area contributed by atoms with Crippen molar-refractivity contribution in [3.63, 3.8) is 0 Å². The summed E-state index contributed by atoms with van der Waals surface area (Å²) < 4.78 is 27.7. The Morgan fingerprint density at radius 2 is 1.75 bits per heavy atom. The Morgan fingerprint density at radius 1 is 1.00 bits per heavy atom. The summed E-state index contributed by atoms with van der Waals surface area (Å²) in [6.07, 6.45) is 3.66. The summed E-state index contributed by atoms with van der Waals surface area (Å²) in [6.45, 7) is 4.24. The topological polar surface area (TPSA) is 34.1 Å². The lowest BCUT2D eigenvalue weighted by Crippen LogP contribution is -2.54. The van der Waals surface area contributed by atoms with Crippen molar-refractivity contribution in [1.29, 1.82) is 0 Å². The van der Waals surface area contributed by atoms with Gasteiger partial charge in [0.15, 0.2) is 0 Å². The SMILES string of the molecule is C[C@]12CCC(=O)CC1CC(=C(F)F)[C@@H]1[C@@H]2CC[C@]2(C)C(=O)CC[C@@H]12. The van der Waals surface area contributed by atoms with E-state index in [-0.39, 0.29) is 46.2 Å². The molecule has 0 radical (unpaired) electrons. The molecular weight excluding hydrogens is 310 g/mol. The van der Waals surface area contributed by atoms with E-state index in [0.717, 1.165) is 25.7 Å². The Labute approximate surface area is 142 Å². The molecule has 4 fully saturated rings. The highest BCUT2D eigenvalue weighted by Gasteiger charge is 2.62. The van der Waals surface area contributed by atoms with Gasteiger partial charge >= 0.3 is 0 Å². The van der Waals surface area contributed by atoms with Gasteiger partial charge in [0, 0.05) is 24.7 Å². The van der Waals surface area contributed by atoms with Crippen molar-refractivity contribution in [2.24, 2.45) is 34.5 Å². The Balaban J connectivity index is 1.79. The molecular formula is C20H26F2O2. The fraction of sp³-hybridized carbons (Fsp3) is 0.800. The molecule has 0 amide bonds. The van der Waals surface area contributed by atoms with Gasteiger partial charge in [0.1, 0.15) is 11.6 Å². The third kappa shape index (κ3) is 2.04. The highest BCUT2D eigenvalue weighted by atomic mass is 19.3. The average molecular weight is 336 g/mol. The number of allylic oxidation sites excluding steroid dienone is 1. The molecule has 4 aliphatic rings. The second-order valence-corrected chi connectivity index (χ2v) is 9.09. The fourth-order valence-corrected chi connectivity index (χ4v) is 6.76. The van der Waals surface area contributed by atoms with E-state index < -0.39 is 11.5 Å². The Bertz CT molecular complexity index is 636. The van der Waals surface area contributed by atoms with E-state index in [0.29, 0.717) is 25.7 Å². The summed E-state index contributed by atoms with van der Waals surface area (Å²) in [6, 6.07) is 0. The summed E-state index contributed by atoms with van der Waals surface area (Å²) in [5.74, 6) is 0.662. The normalized spacial score (nSPS) is 47.9. The molecule has 0 aliphatic heterocycles. The monoisotopic (exact) mass is 336 g/mol. The van der Waals surface area contributed by atoms with E-state index >= 15 is 0 Å². The van der Waals surface area contributed by atoms with Crippen LogP contribution in [0.15, 0.2) is 11.7 Å². The number of Topliss-reactive ketones (excluding diaryl/α,β-unsaturated/α-hetero) is 2. The van der Waals surface area contributed by atoms with Crippen LogP contribution in [0, 0.1) is 34.5 Å². The van der Waals surface area contributed by atoms with Crippen LogP contribution in [0.2, 0.25) is 0 Å². The maximum atomic E-state index is 13.9. The molecule has 2 nitrogen and oxygen atoms in total. The molecule has 0 aromatic carbocycles. The molecule has 6 atom stereocenters. The predicted molar refractivity (Wildman–Crippen MR) is 86.4 cm³/mol. The van der Waals surface area contributed by atoms with Gasteiger partial charge in [0.2, 0.25) is 0 Å². The van der Waals surface area contributed by atoms with Crippen molar-refractivity contribution in [3.05, 3.63) is 11.7 Å². The van der Waals surface area contributed by atoms with Crippen LogP contribution in [0.1, 0.15) is 65.2 Å². The maximum Gasteiger partial charge on any atom is 0.269 e. The first-order valence-electron chi connectivity index (χ1n) is 9.36. The molecule has 4 aliphatic carbocycles. The van der Waals surface area contributed by atoms with Gasteiger partial charge in [-0.15, -0.1) is 0 Å². The number of hydrogen-bond donors (Lipinski definition) is 0. The second kappa shape index (κ2) is 5.22. The van der Waals surface area contributed by atoms with E-state index in [4.69, 9.17) is 0 Å². The smallest absolute Gasteiger partial charge is 0.269 e. The zero-order chi connectivity index (χ0) is 17.3. The number of fused-ring (bicyclic) bond motifs is 5. The number of halogens is 2. The lowest BCUT2D eigenvalue weighted by Gasteiger charge is -2.59. The third-order valence-corrected chi connectivity index (χ3v) is 8.29. The average Bonchev–Trinajstić information content (AvgIpc) is 2.83. The molecule has 0 saturated heterocycles. The molecule has 1 unspecified atom stereocenters. The first kappa shape index (κ1) is 16.4. The largest absolute Gasteiger partial charge is 0.300 e. The third-order valence-electron chi connectivity index (χ3n) is 8.29. The van der Waals surface area contributed by atoms with Crippen LogP contribution >= 0.6 is 0 Å². The van der Waals surface area contributed by atoms with Gasteiger partial charge in [0.25, 0.3) is 6.08 Å². The minimum absolute atomic E-state index is 0.0233. The van der Waals surface area contributed by atoms with Gasteiger partial charge in [-0.05, 0) is 66.8 Å². The van der Waals surface area contributed by atoms with Crippen LogP contribution in [0.4, 0.5) is 8.78 Å². The van der Waals surface area contributed by atoms with Crippen molar-refractivity contribution in [2.75, 3.05) is 0 Å². The standard InChI is InChI=1S/C20H26F2O2/c1-19-7-5-12(23)9-11(19)10-13(18(21)22)17-14-3-4-16(24)20(14,2)8-6-15(17)19/h11,14-15,17H,3-10H2,1-2H3/t11?,14-,15-,17-,19-,20-/m0/s1. The Kier molecular flexibility index (Phi) is 3.57. The quantitative estimate of drug-likeness (QED) is 0.629. The minimum atomic E-state index is -1.55. The van der Waals surface area contributed by atoms with Crippen LogP contribution < -0.4 is 0 Å². The highest BCUT2D eigenvalue weighted by Crippen LogP contribution is 2.66. The Hall–Kier alpha value is -1.06. The van der Waals surface area contributed by atoms with Crippen LogP contribution in [-0.2, 0) is 9.59 Å². The lowest BCUT2D eigenvalue weighted by molar-refractivity contribution is -0.138. The summed E-state index contributed by atoms with van der Waals surface area (Å²) >= 11 is 0. The first-order valence-corrected chi connectivity index (χ1v) is 9.36. The number of carbonyl (C=O) groups is 2. The highest BCUT2D eigenvalue weighted by molar-refractivity contribution is 5.87. The molecule has 0 bridgehead atoms. The van der Waals surface area contributed by atoms with Crippen molar-refractivity contribution in [1.82, 2.24) is 0 Å². The van der Waals surface area contributed by atoms with Crippen LogP contribution in [0.25, 0.3) is 0 Å². The van der Waals surface area contributed by atoms with Gasteiger partial charge in [-0.1, -0.05) is 13.8 Å². The number of ketones is 2. The summed E-state index contributed by atoms with van der Waals surface area (Å²) in [5.41, 5.74) is -0.150. The number of rotatable bonds is 0. The molecule has 4 rings (SSSR count). The number of hydrogen-bond acceptors (Lipinski definition) is 2. The van der Waals surface area contributed by atoms with Crippen LogP contribution in [0.3, 0.4) is 0 Å². The van der Waals surface area contributed by atoms with E-state index in [9.17, 15) is 18.4 Å². The summed E-state index contributed by atoms with van der Waals surface area (Å²) in [5, 5.41) is 0. The number of carbonyl (C=O) groups excluding carboxylic acids is 2. The van der Waals surface area contributed by atoms with Crippen molar-refractivity contribution in [2.45, 2.75) is 65.2 Å². The van der Waals surface area contributed by atoms with Gasteiger partial charge in [0.05, 0.1) is 0 Å². The molecule has 4 heteroatoms. The van der Waals surface area contributed by atoms with Crippen molar-refractivity contribution in [3.8, 4) is 0 Å². The van der Waals surface area contributed by atoms with Crippen molar-refractivity contribution < 1.29 is 18.4 Å². The van der Waals surface area contributed by atoms with Crippen molar-refractivity contribution >= 4 is 11.6 Å². The Morgan fingerprint density at radius 3 is 2.46 bits per heavy atom. The molecule has 0 heterocycles. The zero-order valence-electron chi connectivity index (χ0n) is 14.5. The molecule has 132 valence electrons. The van der Waals surface area contributed by atoms with E-state index in [2.05, 4.69) is 6.92 Å². The molecule has 0 spiro atoms. The first-order chi connectivity index (χ1) is 11.3. The molecule has 0 aromatic heterocycles. The van der Waals surface area contributed by atoms with Gasteiger partial charge in [-0.2, -0.15) is 8.78 Å². The van der Waals surface area contributed by atoms with Crippen LogP contribution in [-0.4, -0.2) is 11.6 Å². The van der Waals surface area contributed by atoms with Crippen LogP contribution in [0.5, 0.6) is 0 Å².